The van der Waals surface area contributed by atoms with Crippen LogP contribution in [0.4, 0.5) is 0 Å². The van der Waals surface area contributed by atoms with Gasteiger partial charge in [0, 0.05) is 32.2 Å². The van der Waals surface area contributed by atoms with E-state index in [9.17, 15) is 13.5 Å². The van der Waals surface area contributed by atoms with Gasteiger partial charge in [0.1, 0.15) is 5.75 Å². The van der Waals surface area contributed by atoms with Crippen LogP contribution in [0.15, 0.2) is 23.1 Å². The van der Waals surface area contributed by atoms with Crippen molar-refractivity contribution in [3.05, 3.63) is 23.8 Å². The molecule has 1 aromatic rings. The molecular weight excluding hydrogens is 254 g/mol. The molecule has 0 spiro atoms. The minimum Gasteiger partial charge on any atom is -0.508 e. The number of piperazine rings is 1. The van der Waals surface area contributed by atoms with Crippen molar-refractivity contribution >= 4 is 10.0 Å². The number of nitrogens with zero attached hydrogens (tertiary/aromatic N) is 2. The van der Waals surface area contributed by atoms with Crippen LogP contribution in [0.5, 0.6) is 5.75 Å². The quantitative estimate of drug-likeness (QED) is 0.732. The fourth-order valence-electron chi connectivity index (χ4n) is 1.95. The van der Waals surface area contributed by atoms with Gasteiger partial charge in [-0.1, -0.05) is 6.07 Å². The molecule has 0 saturated carbocycles. The normalized spacial score (nSPS) is 19.0. The van der Waals surface area contributed by atoms with Crippen molar-refractivity contribution in [1.82, 2.24) is 9.31 Å². The molecule has 2 rings (SSSR count). The van der Waals surface area contributed by atoms with Gasteiger partial charge in [-0.05, 0) is 18.6 Å². The maximum absolute atomic E-state index is 12.4. The van der Waals surface area contributed by atoms with Crippen molar-refractivity contribution in [2.75, 3.05) is 26.2 Å². The predicted molar refractivity (Wildman–Crippen MR) is 67.4 cm³/mol. The number of hydrogen-bond acceptors (Lipinski definition) is 5. The van der Waals surface area contributed by atoms with Gasteiger partial charge in [0.2, 0.25) is 10.0 Å². The van der Waals surface area contributed by atoms with Crippen molar-refractivity contribution in [3.63, 3.8) is 0 Å². The Balaban J connectivity index is 2.33. The molecule has 1 aliphatic rings. The molecule has 0 amide bonds. The Morgan fingerprint density at radius 3 is 2.44 bits per heavy atom. The number of aryl methyl sites for hydroxylation is 1. The Morgan fingerprint density at radius 2 is 1.83 bits per heavy atom. The molecule has 0 aliphatic carbocycles. The second-order valence-electron chi connectivity index (χ2n) is 4.39. The lowest BCUT2D eigenvalue weighted by atomic mass is 10.2. The molecule has 3 N–H and O–H groups in total. The van der Waals surface area contributed by atoms with Crippen LogP contribution in [-0.2, 0) is 10.0 Å². The Hall–Kier alpha value is -1.15. The number of nitrogens with two attached hydrogens (primary N) is 1. The van der Waals surface area contributed by atoms with Crippen LogP contribution in [0.2, 0.25) is 0 Å². The van der Waals surface area contributed by atoms with E-state index in [0.717, 1.165) is 0 Å². The van der Waals surface area contributed by atoms with E-state index < -0.39 is 10.0 Å². The van der Waals surface area contributed by atoms with Crippen molar-refractivity contribution in [3.8, 4) is 5.75 Å². The predicted octanol–water partition coefficient (Wildman–Crippen LogP) is -0.119. The molecule has 1 fully saturated rings. The average Bonchev–Trinajstić information content (AvgIpc) is 2.32. The van der Waals surface area contributed by atoms with E-state index in [0.29, 0.717) is 31.7 Å². The third-order valence-electron chi connectivity index (χ3n) is 3.06. The van der Waals surface area contributed by atoms with Crippen LogP contribution >= 0.6 is 0 Å². The highest BCUT2D eigenvalue weighted by atomic mass is 32.2. The molecule has 1 saturated heterocycles. The van der Waals surface area contributed by atoms with E-state index in [-0.39, 0.29) is 10.6 Å². The van der Waals surface area contributed by atoms with Gasteiger partial charge in [-0.3, -0.25) is 5.84 Å². The summed E-state index contributed by atoms with van der Waals surface area (Å²) >= 11 is 0. The molecule has 0 radical (unpaired) electrons. The summed E-state index contributed by atoms with van der Waals surface area (Å²) in [4.78, 5) is 0.160. The molecule has 18 heavy (non-hydrogen) atoms. The molecule has 1 heterocycles. The number of aromatic hydroxyl groups is 1. The molecule has 6 nitrogen and oxygen atoms in total. The minimum atomic E-state index is -3.55. The fourth-order valence-corrected chi connectivity index (χ4v) is 3.62. The summed E-state index contributed by atoms with van der Waals surface area (Å²) in [5, 5.41) is 11.0. The summed E-state index contributed by atoms with van der Waals surface area (Å²) in [7, 11) is -3.55. The van der Waals surface area contributed by atoms with Gasteiger partial charge in [0.05, 0.1) is 4.90 Å². The van der Waals surface area contributed by atoms with Crippen molar-refractivity contribution in [1.29, 1.82) is 0 Å². The van der Waals surface area contributed by atoms with E-state index in [1.165, 1.54) is 16.4 Å². The molecule has 0 bridgehead atoms. The number of benzene rings is 1. The van der Waals surface area contributed by atoms with Crippen LogP contribution in [0.1, 0.15) is 5.56 Å². The fraction of sp³-hybridized carbons (Fsp3) is 0.455. The summed E-state index contributed by atoms with van der Waals surface area (Å²) in [5.41, 5.74) is 0.628. The molecule has 7 heteroatoms. The van der Waals surface area contributed by atoms with Gasteiger partial charge in [-0.25, -0.2) is 13.4 Å². The number of hydrazine groups is 1. The Morgan fingerprint density at radius 1 is 1.22 bits per heavy atom. The maximum atomic E-state index is 12.4. The molecule has 100 valence electrons. The van der Waals surface area contributed by atoms with Gasteiger partial charge in [0.15, 0.2) is 0 Å². The van der Waals surface area contributed by atoms with Crippen molar-refractivity contribution in [2.45, 2.75) is 11.8 Å². The first-order valence-electron chi connectivity index (χ1n) is 5.70. The first-order chi connectivity index (χ1) is 8.41. The summed E-state index contributed by atoms with van der Waals surface area (Å²) < 4.78 is 26.2. The largest absolute Gasteiger partial charge is 0.508 e. The number of phenols is 1. The number of phenolic OH excluding ortho intramolecular Hbond substituents is 1. The molecule has 1 aliphatic heterocycles. The zero-order valence-electron chi connectivity index (χ0n) is 10.2. The van der Waals surface area contributed by atoms with Crippen LogP contribution in [0, 0.1) is 6.92 Å². The first kappa shape index (κ1) is 13.3. The molecule has 0 unspecified atom stereocenters. The minimum absolute atomic E-state index is 0.0448. The second-order valence-corrected chi connectivity index (χ2v) is 6.30. The molecule has 0 atom stereocenters. The lowest BCUT2D eigenvalue weighted by Gasteiger charge is -2.31. The highest BCUT2D eigenvalue weighted by molar-refractivity contribution is 7.89. The Labute approximate surface area is 107 Å². The summed E-state index contributed by atoms with van der Waals surface area (Å²) in [5.74, 6) is 5.56. The standard InChI is InChI=1S/C11H17N3O3S/c1-9-2-3-10(15)8-11(9)18(16,17)14-6-4-13(12)5-7-14/h2-3,8,15H,4-7,12H2,1H3. The number of hydrogen-bond donors (Lipinski definition) is 2. The maximum Gasteiger partial charge on any atom is 0.243 e. The van der Waals surface area contributed by atoms with Crippen LogP contribution < -0.4 is 5.84 Å². The second kappa shape index (κ2) is 4.85. The molecule has 0 aromatic heterocycles. The smallest absolute Gasteiger partial charge is 0.243 e. The van der Waals surface area contributed by atoms with E-state index in [1.54, 1.807) is 18.0 Å². The molecule has 1 aromatic carbocycles. The van der Waals surface area contributed by atoms with Gasteiger partial charge >= 0.3 is 0 Å². The SMILES string of the molecule is Cc1ccc(O)cc1S(=O)(=O)N1CCN(N)CC1. The number of sulfonamides is 1. The van der Waals surface area contributed by atoms with Crippen LogP contribution in [0.3, 0.4) is 0 Å². The van der Waals surface area contributed by atoms with E-state index in [1.807, 2.05) is 0 Å². The van der Waals surface area contributed by atoms with Gasteiger partial charge in [-0.2, -0.15) is 4.31 Å². The topological polar surface area (TPSA) is 86.9 Å². The zero-order valence-corrected chi connectivity index (χ0v) is 11.0. The van der Waals surface area contributed by atoms with Gasteiger partial charge in [-0.15, -0.1) is 0 Å². The number of rotatable bonds is 2. The zero-order chi connectivity index (χ0) is 13.3. The van der Waals surface area contributed by atoms with Crippen LogP contribution in [-0.4, -0.2) is 49.0 Å². The highest BCUT2D eigenvalue weighted by Gasteiger charge is 2.29. The van der Waals surface area contributed by atoms with Crippen LogP contribution in [0.25, 0.3) is 0 Å². The van der Waals surface area contributed by atoms with Crippen molar-refractivity contribution in [2.24, 2.45) is 5.84 Å². The lowest BCUT2D eigenvalue weighted by Crippen LogP contribution is -2.51. The van der Waals surface area contributed by atoms with Crippen molar-refractivity contribution < 1.29 is 13.5 Å². The third-order valence-corrected chi connectivity index (χ3v) is 5.10. The first-order valence-corrected chi connectivity index (χ1v) is 7.14. The van der Waals surface area contributed by atoms with E-state index in [4.69, 9.17) is 5.84 Å². The van der Waals surface area contributed by atoms with E-state index >= 15 is 0 Å². The Kier molecular flexibility index (Phi) is 3.58. The molecular formula is C11H17N3O3S. The average molecular weight is 271 g/mol. The summed E-state index contributed by atoms with van der Waals surface area (Å²) in [6, 6.07) is 4.37. The van der Waals surface area contributed by atoms with Gasteiger partial charge in [0.25, 0.3) is 0 Å². The highest BCUT2D eigenvalue weighted by Crippen LogP contribution is 2.24. The van der Waals surface area contributed by atoms with Gasteiger partial charge < -0.3 is 5.11 Å². The third kappa shape index (κ3) is 2.49. The monoisotopic (exact) mass is 271 g/mol. The van der Waals surface area contributed by atoms with E-state index in [2.05, 4.69) is 0 Å². The summed E-state index contributed by atoms with van der Waals surface area (Å²) in [6.45, 7) is 3.47. The Bertz CT molecular complexity index is 536. The lowest BCUT2D eigenvalue weighted by molar-refractivity contribution is 0.192. The summed E-state index contributed by atoms with van der Waals surface area (Å²) in [6.07, 6.45) is 0.